The summed E-state index contributed by atoms with van der Waals surface area (Å²) in [6.45, 7) is 2.38. The van der Waals surface area contributed by atoms with Crippen molar-refractivity contribution >= 4 is 15.9 Å². The fraction of sp³-hybridized carbons (Fsp3) is 0.588. The fourth-order valence-corrected chi connectivity index (χ4v) is 5.09. The smallest absolute Gasteiger partial charge is 0.260 e. The Morgan fingerprint density at radius 1 is 1.16 bits per heavy atom. The number of hydrogen-bond acceptors (Lipinski definition) is 5. The lowest BCUT2D eigenvalue weighted by Gasteiger charge is -2.36. The summed E-state index contributed by atoms with van der Waals surface area (Å²) in [7, 11) is -3.40. The van der Waals surface area contributed by atoms with Gasteiger partial charge in [0.2, 0.25) is 10.0 Å². The van der Waals surface area contributed by atoms with Crippen LogP contribution in [0.1, 0.15) is 12.8 Å². The molecule has 2 aliphatic rings. The number of rotatable bonds is 5. The third kappa shape index (κ3) is 4.50. The SMILES string of the molecule is O=C(COc1ccccc1)N1CCC[C@H](S(=O)(=O)N2CCOCC2)C1. The number of ether oxygens (including phenoxy) is 2. The van der Waals surface area contributed by atoms with Gasteiger partial charge in [-0.15, -0.1) is 0 Å². The Labute approximate surface area is 148 Å². The van der Waals surface area contributed by atoms with E-state index in [1.807, 2.05) is 18.2 Å². The van der Waals surface area contributed by atoms with Crippen molar-refractivity contribution in [2.24, 2.45) is 0 Å². The molecular formula is C17H24N2O5S. The molecule has 1 aromatic rings. The number of sulfonamides is 1. The van der Waals surface area contributed by atoms with Gasteiger partial charge in [0, 0.05) is 26.2 Å². The minimum absolute atomic E-state index is 0.0751. The standard InChI is InChI=1S/C17H24N2O5S/c20-17(14-24-15-5-2-1-3-6-15)18-8-4-7-16(13-18)25(21,22)19-9-11-23-12-10-19/h1-3,5-6,16H,4,7-14H2/t16-/m0/s1. The molecular weight excluding hydrogens is 344 g/mol. The van der Waals surface area contributed by atoms with E-state index in [0.717, 1.165) is 0 Å². The van der Waals surface area contributed by atoms with Gasteiger partial charge in [-0.25, -0.2) is 8.42 Å². The molecule has 0 unspecified atom stereocenters. The first-order valence-electron chi connectivity index (χ1n) is 8.60. The zero-order chi connectivity index (χ0) is 17.7. The van der Waals surface area contributed by atoms with E-state index in [1.165, 1.54) is 4.31 Å². The maximum Gasteiger partial charge on any atom is 0.260 e. The van der Waals surface area contributed by atoms with Gasteiger partial charge >= 0.3 is 0 Å². The molecule has 2 aliphatic heterocycles. The predicted molar refractivity (Wildman–Crippen MR) is 92.9 cm³/mol. The maximum atomic E-state index is 12.8. The Morgan fingerprint density at radius 3 is 2.60 bits per heavy atom. The van der Waals surface area contributed by atoms with Crippen LogP contribution in [0.4, 0.5) is 0 Å². The van der Waals surface area contributed by atoms with Gasteiger partial charge in [0.05, 0.1) is 18.5 Å². The predicted octanol–water partition coefficient (Wildman–Crippen LogP) is 0.718. The molecule has 7 nitrogen and oxygen atoms in total. The third-order valence-corrected chi connectivity index (χ3v) is 6.90. The zero-order valence-electron chi connectivity index (χ0n) is 14.2. The Hall–Kier alpha value is -1.64. The summed E-state index contributed by atoms with van der Waals surface area (Å²) in [5, 5.41) is -0.542. The topological polar surface area (TPSA) is 76.2 Å². The second-order valence-electron chi connectivity index (χ2n) is 6.26. The fourth-order valence-electron chi connectivity index (χ4n) is 3.17. The highest BCUT2D eigenvalue weighted by atomic mass is 32.2. The number of amides is 1. The van der Waals surface area contributed by atoms with Crippen LogP contribution in [0, 0.1) is 0 Å². The van der Waals surface area contributed by atoms with E-state index in [1.54, 1.807) is 17.0 Å². The number of likely N-dealkylation sites (tertiary alicyclic amines) is 1. The average molecular weight is 368 g/mol. The first-order chi connectivity index (χ1) is 12.1. The molecule has 2 fully saturated rings. The summed E-state index contributed by atoms with van der Waals surface area (Å²) in [6.07, 6.45) is 1.27. The van der Waals surface area contributed by atoms with Crippen molar-refractivity contribution in [1.29, 1.82) is 0 Å². The highest BCUT2D eigenvalue weighted by Gasteiger charge is 2.37. The van der Waals surface area contributed by atoms with E-state index >= 15 is 0 Å². The van der Waals surface area contributed by atoms with E-state index in [-0.39, 0.29) is 19.1 Å². The minimum atomic E-state index is -3.40. The Balaban J connectivity index is 1.57. The normalized spacial score (nSPS) is 22.6. The summed E-state index contributed by atoms with van der Waals surface area (Å²) in [6, 6.07) is 9.13. The van der Waals surface area contributed by atoms with Crippen molar-refractivity contribution in [3.63, 3.8) is 0 Å². The summed E-state index contributed by atoms with van der Waals surface area (Å²) >= 11 is 0. The molecule has 0 saturated carbocycles. The molecule has 1 aromatic carbocycles. The van der Waals surface area contributed by atoms with E-state index in [9.17, 15) is 13.2 Å². The Morgan fingerprint density at radius 2 is 1.88 bits per heavy atom. The molecule has 2 saturated heterocycles. The summed E-state index contributed by atoms with van der Waals surface area (Å²) in [4.78, 5) is 14.0. The average Bonchev–Trinajstić information content (AvgIpc) is 2.67. The second-order valence-corrected chi connectivity index (χ2v) is 8.48. The number of benzene rings is 1. The number of carbonyl (C=O) groups excluding carboxylic acids is 1. The Kier molecular flexibility index (Phi) is 5.93. The highest BCUT2D eigenvalue weighted by molar-refractivity contribution is 7.89. The van der Waals surface area contributed by atoms with Crippen molar-refractivity contribution in [2.45, 2.75) is 18.1 Å². The van der Waals surface area contributed by atoms with Gasteiger partial charge in [-0.1, -0.05) is 18.2 Å². The lowest BCUT2D eigenvalue weighted by atomic mass is 10.1. The number of hydrogen-bond donors (Lipinski definition) is 0. The number of para-hydroxylation sites is 1. The van der Waals surface area contributed by atoms with Gasteiger partial charge in [0.15, 0.2) is 6.61 Å². The zero-order valence-corrected chi connectivity index (χ0v) is 15.0. The quantitative estimate of drug-likeness (QED) is 0.765. The number of piperidine rings is 1. The van der Waals surface area contributed by atoms with E-state index < -0.39 is 15.3 Å². The van der Waals surface area contributed by atoms with E-state index in [2.05, 4.69) is 0 Å². The van der Waals surface area contributed by atoms with Crippen LogP contribution < -0.4 is 4.74 Å². The summed E-state index contributed by atoms with van der Waals surface area (Å²) in [5.41, 5.74) is 0. The van der Waals surface area contributed by atoms with Gasteiger partial charge in [0.25, 0.3) is 5.91 Å². The van der Waals surface area contributed by atoms with Crippen molar-refractivity contribution in [2.75, 3.05) is 46.0 Å². The monoisotopic (exact) mass is 368 g/mol. The maximum absolute atomic E-state index is 12.8. The lowest BCUT2D eigenvalue weighted by molar-refractivity contribution is -0.134. The molecule has 138 valence electrons. The number of morpholine rings is 1. The molecule has 0 aromatic heterocycles. The first kappa shape index (κ1) is 18.2. The van der Waals surface area contributed by atoms with Crippen molar-refractivity contribution in [3.8, 4) is 5.75 Å². The van der Waals surface area contributed by atoms with Crippen LogP contribution in [-0.4, -0.2) is 74.8 Å². The molecule has 1 amide bonds. The van der Waals surface area contributed by atoms with Crippen molar-refractivity contribution < 1.29 is 22.7 Å². The van der Waals surface area contributed by atoms with Gasteiger partial charge in [0.1, 0.15) is 5.75 Å². The summed E-state index contributed by atoms with van der Waals surface area (Å²) in [5.74, 6) is 0.455. The molecule has 8 heteroatoms. The van der Waals surface area contributed by atoms with E-state index in [0.29, 0.717) is 51.4 Å². The minimum Gasteiger partial charge on any atom is -0.484 e. The highest BCUT2D eigenvalue weighted by Crippen LogP contribution is 2.21. The molecule has 3 rings (SSSR count). The molecule has 0 N–H and O–H groups in total. The Bertz CT molecular complexity index is 674. The van der Waals surface area contributed by atoms with Crippen LogP contribution in [-0.2, 0) is 19.6 Å². The molecule has 0 aliphatic carbocycles. The molecule has 1 atom stereocenters. The van der Waals surface area contributed by atoms with Crippen molar-refractivity contribution in [3.05, 3.63) is 30.3 Å². The van der Waals surface area contributed by atoms with Gasteiger partial charge in [-0.05, 0) is 25.0 Å². The van der Waals surface area contributed by atoms with Crippen molar-refractivity contribution in [1.82, 2.24) is 9.21 Å². The van der Waals surface area contributed by atoms with Crippen LogP contribution in [0.2, 0.25) is 0 Å². The van der Waals surface area contributed by atoms with Crippen LogP contribution in [0.15, 0.2) is 30.3 Å². The summed E-state index contributed by atoms with van der Waals surface area (Å²) < 4.78 is 37.8. The number of carbonyl (C=O) groups is 1. The van der Waals surface area contributed by atoms with Gasteiger partial charge < -0.3 is 14.4 Å². The first-order valence-corrected chi connectivity index (χ1v) is 10.1. The van der Waals surface area contributed by atoms with Crippen LogP contribution in [0.3, 0.4) is 0 Å². The lowest BCUT2D eigenvalue weighted by Crippen LogP contribution is -2.52. The molecule has 25 heavy (non-hydrogen) atoms. The molecule has 0 spiro atoms. The van der Waals surface area contributed by atoms with Crippen LogP contribution in [0.5, 0.6) is 5.75 Å². The van der Waals surface area contributed by atoms with E-state index in [4.69, 9.17) is 9.47 Å². The second kappa shape index (κ2) is 8.16. The number of nitrogens with zero attached hydrogens (tertiary/aromatic N) is 2. The van der Waals surface area contributed by atoms with Gasteiger partial charge in [-0.3, -0.25) is 4.79 Å². The largest absolute Gasteiger partial charge is 0.484 e. The van der Waals surface area contributed by atoms with Crippen LogP contribution >= 0.6 is 0 Å². The third-order valence-electron chi connectivity index (χ3n) is 4.59. The molecule has 0 bridgehead atoms. The van der Waals surface area contributed by atoms with Gasteiger partial charge in [-0.2, -0.15) is 4.31 Å². The van der Waals surface area contributed by atoms with Crippen LogP contribution in [0.25, 0.3) is 0 Å². The molecule has 2 heterocycles. The molecule has 0 radical (unpaired) electrons.